The molecule has 1 aliphatic rings. The number of methoxy groups -OCH3 is 2. The second-order valence-corrected chi connectivity index (χ2v) is 4.59. The molecule has 5 nitrogen and oxygen atoms in total. The number of phenolic OH excluding ortho intramolecular Hbond substituents is 1. The van der Waals surface area contributed by atoms with Crippen LogP contribution in [0.1, 0.15) is 18.4 Å². The third kappa shape index (κ3) is 1.66. The molecule has 18 heavy (non-hydrogen) atoms. The van der Waals surface area contributed by atoms with E-state index >= 15 is 0 Å². The first-order valence-corrected chi connectivity index (χ1v) is 5.73. The number of rotatable bonds is 4. The maximum Gasteiger partial charge on any atom is 0.314 e. The number of phenols is 1. The lowest BCUT2D eigenvalue weighted by molar-refractivity contribution is -0.140. The molecule has 6 heteroatoms. The molecule has 1 fully saturated rings. The van der Waals surface area contributed by atoms with Gasteiger partial charge in [0.25, 0.3) is 0 Å². The second-order valence-electron chi connectivity index (χ2n) is 4.21. The molecule has 0 radical (unpaired) electrons. The van der Waals surface area contributed by atoms with E-state index in [9.17, 15) is 15.0 Å². The normalized spacial score (nSPS) is 16.2. The van der Waals surface area contributed by atoms with E-state index in [1.54, 1.807) is 0 Å². The van der Waals surface area contributed by atoms with Crippen molar-refractivity contribution in [2.75, 3.05) is 14.2 Å². The first-order chi connectivity index (χ1) is 8.47. The highest BCUT2D eigenvalue weighted by Crippen LogP contribution is 2.56. The number of aliphatic carboxylic acids is 1. The molecule has 0 amide bonds. The zero-order chi connectivity index (χ0) is 13.5. The molecule has 0 heterocycles. The van der Waals surface area contributed by atoms with Crippen LogP contribution < -0.4 is 9.47 Å². The lowest BCUT2D eigenvalue weighted by Crippen LogP contribution is -2.20. The summed E-state index contributed by atoms with van der Waals surface area (Å²) in [5, 5.41) is 19.2. The number of carbonyl (C=O) groups is 1. The minimum atomic E-state index is -1.05. The van der Waals surface area contributed by atoms with Gasteiger partial charge in [0.1, 0.15) is 10.8 Å². The molecular formula is C12H13ClO5. The van der Waals surface area contributed by atoms with Gasteiger partial charge in [-0.1, -0.05) is 11.6 Å². The van der Waals surface area contributed by atoms with E-state index in [1.807, 2.05) is 0 Å². The molecule has 2 rings (SSSR count). The topological polar surface area (TPSA) is 76.0 Å². The summed E-state index contributed by atoms with van der Waals surface area (Å²) in [5.41, 5.74) is -0.773. The highest BCUT2D eigenvalue weighted by Gasteiger charge is 2.54. The highest BCUT2D eigenvalue weighted by atomic mass is 35.5. The predicted octanol–water partition coefficient (Wildman–Crippen LogP) is 2.18. The molecular weight excluding hydrogens is 260 g/mol. The lowest BCUT2D eigenvalue weighted by atomic mass is 9.94. The van der Waals surface area contributed by atoms with Gasteiger partial charge < -0.3 is 19.7 Å². The Hall–Kier alpha value is -1.62. The van der Waals surface area contributed by atoms with Crippen LogP contribution in [0.4, 0.5) is 0 Å². The van der Waals surface area contributed by atoms with Crippen molar-refractivity contribution in [3.8, 4) is 17.2 Å². The Kier molecular flexibility index (Phi) is 3.02. The van der Waals surface area contributed by atoms with Gasteiger partial charge in [0.05, 0.1) is 19.6 Å². The van der Waals surface area contributed by atoms with Crippen LogP contribution in [0.5, 0.6) is 17.2 Å². The Labute approximate surface area is 109 Å². The highest BCUT2D eigenvalue weighted by molar-refractivity contribution is 6.34. The largest absolute Gasteiger partial charge is 0.506 e. The van der Waals surface area contributed by atoms with E-state index in [2.05, 4.69) is 0 Å². The molecule has 0 aromatic heterocycles. The smallest absolute Gasteiger partial charge is 0.314 e. The number of carboxylic acid groups (broad SMARTS) is 1. The third-order valence-electron chi connectivity index (χ3n) is 3.26. The molecule has 1 aliphatic carbocycles. The maximum absolute atomic E-state index is 11.3. The van der Waals surface area contributed by atoms with Crippen molar-refractivity contribution < 1.29 is 24.5 Å². The van der Waals surface area contributed by atoms with Crippen LogP contribution in [-0.4, -0.2) is 30.4 Å². The van der Waals surface area contributed by atoms with Crippen LogP contribution in [0.15, 0.2) is 6.07 Å². The van der Waals surface area contributed by atoms with E-state index in [-0.39, 0.29) is 22.1 Å². The fourth-order valence-electron chi connectivity index (χ4n) is 2.03. The summed E-state index contributed by atoms with van der Waals surface area (Å²) in [4.78, 5) is 11.3. The first kappa shape index (κ1) is 12.8. The number of hydrogen-bond donors (Lipinski definition) is 2. The molecule has 0 spiro atoms. The van der Waals surface area contributed by atoms with Crippen LogP contribution in [0, 0.1) is 0 Å². The Balaban J connectivity index is 2.63. The van der Waals surface area contributed by atoms with E-state index < -0.39 is 11.4 Å². The van der Waals surface area contributed by atoms with Gasteiger partial charge in [-0.2, -0.15) is 0 Å². The van der Waals surface area contributed by atoms with Crippen molar-refractivity contribution in [2.45, 2.75) is 18.3 Å². The van der Waals surface area contributed by atoms with Crippen LogP contribution in [0.2, 0.25) is 5.02 Å². The predicted molar refractivity (Wildman–Crippen MR) is 64.8 cm³/mol. The Morgan fingerprint density at radius 1 is 1.39 bits per heavy atom. The van der Waals surface area contributed by atoms with Crippen LogP contribution >= 0.6 is 11.6 Å². The number of halogens is 1. The fraction of sp³-hybridized carbons (Fsp3) is 0.417. The molecule has 0 aliphatic heterocycles. The summed E-state index contributed by atoms with van der Waals surface area (Å²) < 4.78 is 10.1. The third-order valence-corrected chi connectivity index (χ3v) is 3.61. The molecule has 1 aromatic carbocycles. The zero-order valence-corrected chi connectivity index (χ0v) is 10.7. The summed E-state index contributed by atoms with van der Waals surface area (Å²) in [6, 6.07) is 1.47. The van der Waals surface area contributed by atoms with Gasteiger partial charge >= 0.3 is 5.97 Å². The SMILES string of the molecule is COc1cc(C2(C(=O)O)CC2)c(O)c(Cl)c1OC. The number of benzene rings is 1. The van der Waals surface area contributed by atoms with Crippen LogP contribution in [-0.2, 0) is 10.2 Å². The molecule has 1 saturated carbocycles. The quantitative estimate of drug-likeness (QED) is 0.879. The van der Waals surface area contributed by atoms with Crippen molar-refractivity contribution in [1.82, 2.24) is 0 Å². The van der Waals surface area contributed by atoms with Crippen molar-refractivity contribution in [1.29, 1.82) is 0 Å². The van der Waals surface area contributed by atoms with Gasteiger partial charge in [-0.3, -0.25) is 4.79 Å². The first-order valence-electron chi connectivity index (χ1n) is 5.35. The monoisotopic (exact) mass is 272 g/mol. The Morgan fingerprint density at radius 3 is 2.39 bits per heavy atom. The summed E-state index contributed by atoms with van der Waals surface area (Å²) >= 11 is 5.97. The number of ether oxygens (including phenoxy) is 2. The van der Waals surface area contributed by atoms with E-state index in [0.717, 1.165) is 0 Å². The standard InChI is InChI=1S/C12H13ClO5/c1-17-7-5-6(12(3-4-12)11(15)16)9(14)8(13)10(7)18-2/h5,14H,3-4H2,1-2H3,(H,15,16). The van der Waals surface area contributed by atoms with Crippen LogP contribution in [0.3, 0.4) is 0 Å². The van der Waals surface area contributed by atoms with Gasteiger partial charge in [-0.15, -0.1) is 0 Å². The summed E-state index contributed by atoms with van der Waals surface area (Å²) in [5.74, 6) is -0.722. The fourth-order valence-corrected chi connectivity index (χ4v) is 2.30. The molecule has 1 aromatic rings. The number of aromatic hydroxyl groups is 1. The van der Waals surface area contributed by atoms with E-state index in [0.29, 0.717) is 18.6 Å². The van der Waals surface area contributed by atoms with Crippen molar-refractivity contribution in [2.24, 2.45) is 0 Å². The zero-order valence-electron chi connectivity index (χ0n) is 9.99. The average Bonchev–Trinajstić information content (AvgIpc) is 3.13. The minimum Gasteiger partial charge on any atom is -0.506 e. The maximum atomic E-state index is 11.3. The number of hydrogen-bond acceptors (Lipinski definition) is 4. The van der Waals surface area contributed by atoms with Gasteiger partial charge in [-0.05, 0) is 18.9 Å². The Morgan fingerprint density at radius 2 is 2.00 bits per heavy atom. The van der Waals surface area contributed by atoms with Gasteiger partial charge in [0, 0.05) is 5.56 Å². The average molecular weight is 273 g/mol. The summed E-state index contributed by atoms with van der Waals surface area (Å²) in [7, 11) is 2.82. The van der Waals surface area contributed by atoms with Gasteiger partial charge in [-0.25, -0.2) is 0 Å². The van der Waals surface area contributed by atoms with Crippen molar-refractivity contribution in [3.63, 3.8) is 0 Å². The second kappa shape index (κ2) is 4.24. The molecule has 0 atom stereocenters. The van der Waals surface area contributed by atoms with E-state index in [1.165, 1.54) is 20.3 Å². The molecule has 2 N–H and O–H groups in total. The minimum absolute atomic E-state index is 0.0284. The molecule has 0 saturated heterocycles. The van der Waals surface area contributed by atoms with Gasteiger partial charge in [0.2, 0.25) is 0 Å². The van der Waals surface area contributed by atoms with Crippen molar-refractivity contribution in [3.05, 3.63) is 16.7 Å². The van der Waals surface area contributed by atoms with Crippen LogP contribution in [0.25, 0.3) is 0 Å². The molecule has 0 bridgehead atoms. The van der Waals surface area contributed by atoms with Crippen molar-refractivity contribution >= 4 is 17.6 Å². The number of carboxylic acids is 1. The lowest BCUT2D eigenvalue weighted by Gasteiger charge is -2.17. The summed E-state index contributed by atoms with van der Waals surface area (Å²) in [6.45, 7) is 0. The Bertz CT molecular complexity index is 508. The van der Waals surface area contributed by atoms with Gasteiger partial charge in [0.15, 0.2) is 11.5 Å². The molecule has 0 unspecified atom stereocenters. The van der Waals surface area contributed by atoms with E-state index in [4.69, 9.17) is 21.1 Å². The summed E-state index contributed by atoms with van der Waals surface area (Å²) in [6.07, 6.45) is 0.948. The molecule has 98 valence electrons.